The molecule has 3 nitrogen and oxygen atoms in total. The predicted octanol–water partition coefficient (Wildman–Crippen LogP) is 1.81. The number of ether oxygens (including phenoxy) is 1. The van der Waals surface area contributed by atoms with E-state index in [4.69, 9.17) is 10.5 Å². The average Bonchev–Trinajstić information content (AvgIpc) is 2.25. The molecule has 0 aliphatic carbocycles. The molecule has 0 radical (unpaired) electrons. The maximum absolute atomic E-state index is 10.6. The molecule has 1 saturated heterocycles. The predicted molar refractivity (Wildman–Crippen MR) is 67.3 cm³/mol. The lowest BCUT2D eigenvalue weighted by molar-refractivity contribution is -0.118. The van der Waals surface area contributed by atoms with E-state index in [1.165, 1.54) is 12.8 Å². The summed E-state index contributed by atoms with van der Waals surface area (Å²) in [6, 6.07) is 0. The molecular formula is C10H19NO2S2. The van der Waals surface area contributed by atoms with Crippen molar-refractivity contribution in [2.75, 3.05) is 12.4 Å². The zero-order chi connectivity index (χ0) is 11.1. The summed E-state index contributed by atoms with van der Waals surface area (Å²) in [4.78, 5) is 10.6. The quantitative estimate of drug-likeness (QED) is 0.706. The van der Waals surface area contributed by atoms with E-state index in [2.05, 4.69) is 12.6 Å². The molecule has 1 amide bonds. The second-order valence-corrected chi connectivity index (χ2v) is 5.71. The smallest absolute Gasteiger partial charge is 0.217 e. The van der Waals surface area contributed by atoms with Crippen molar-refractivity contribution in [2.45, 2.75) is 42.8 Å². The largest absolute Gasteiger partial charge is 0.370 e. The molecule has 2 atom stereocenters. The van der Waals surface area contributed by atoms with Crippen molar-refractivity contribution in [3.63, 3.8) is 0 Å². The molecule has 1 fully saturated rings. The highest BCUT2D eigenvalue weighted by molar-refractivity contribution is 8.00. The molecule has 15 heavy (non-hydrogen) atoms. The first kappa shape index (κ1) is 13.2. The van der Waals surface area contributed by atoms with Gasteiger partial charge in [-0.2, -0.15) is 12.6 Å². The van der Waals surface area contributed by atoms with Crippen LogP contribution in [0.25, 0.3) is 0 Å². The van der Waals surface area contributed by atoms with Gasteiger partial charge in [0.25, 0.3) is 0 Å². The fourth-order valence-corrected chi connectivity index (χ4v) is 2.97. The number of primary amides is 1. The molecule has 0 bridgehead atoms. The molecule has 0 spiro atoms. The van der Waals surface area contributed by atoms with Crippen molar-refractivity contribution in [3.8, 4) is 0 Å². The summed E-state index contributed by atoms with van der Waals surface area (Å²) in [7, 11) is 0. The van der Waals surface area contributed by atoms with Crippen LogP contribution in [-0.2, 0) is 9.53 Å². The first-order valence-corrected chi connectivity index (χ1v) is 6.94. The molecule has 1 aliphatic rings. The minimum Gasteiger partial charge on any atom is -0.370 e. The van der Waals surface area contributed by atoms with Gasteiger partial charge in [-0.05, 0) is 25.7 Å². The highest BCUT2D eigenvalue weighted by Crippen LogP contribution is 2.25. The van der Waals surface area contributed by atoms with Gasteiger partial charge in [-0.15, -0.1) is 11.8 Å². The van der Waals surface area contributed by atoms with Crippen LogP contribution in [0.15, 0.2) is 0 Å². The third kappa shape index (κ3) is 6.33. The van der Waals surface area contributed by atoms with Gasteiger partial charge in [-0.25, -0.2) is 0 Å². The average molecular weight is 249 g/mol. The van der Waals surface area contributed by atoms with Gasteiger partial charge in [-0.3, -0.25) is 4.79 Å². The van der Waals surface area contributed by atoms with Gasteiger partial charge >= 0.3 is 0 Å². The zero-order valence-corrected chi connectivity index (χ0v) is 10.6. The molecule has 0 aromatic rings. The van der Waals surface area contributed by atoms with E-state index in [-0.39, 0.29) is 11.2 Å². The monoisotopic (exact) mass is 249 g/mol. The lowest BCUT2D eigenvalue weighted by Gasteiger charge is -2.23. The van der Waals surface area contributed by atoms with E-state index in [0.717, 1.165) is 25.2 Å². The van der Waals surface area contributed by atoms with Gasteiger partial charge in [0.1, 0.15) is 5.44 Å². The van der Waals surface area contributed by atoms with Crippen molar-refractivity contribution in [1.82, 2.24) is 0 Å². The van der Waals surface area contributed by atoms with Gasteiger partial charge in [0.2, 0.25) is 5.91 Å². The normalized spacial score (nSPS) is 23.7. The Hall–Kier alpha value is 0.130. The first-order valence-electron chi connectivity index (χ1n) is 5.38. The number of nitrogens with two attached hydrogens (primary N) is 1. The molecule has 1 heterocycles. The number of hydrogen-bond acceptors (Lipinski definition) is 4. The number of carbonyl (C=O) groups is 1. The SMILES string of the molecule is NC(=O)CCC(S)CSC1CCCCO1. The van der Waals surface area contributed by atoms with E-state index in [1.807, 2.05) is 0 Å². The van der Waals surface area contributed by atoms with E-state index in [1.54, 1.807) is 11.8 Å². The van der Waals surface area contributed by atoms with E-state index in [9.17, 15) is 4.79 Å². The second-order valence-electron chi connectivity index (χ2n) is 3.79. The third-order valence-electron chi connectivity index (χ3n) is 2.34. The van der Waals surface area contributed by atoms with Gasteiger partial charge in [0.05, 0.1) is 0 Å². The first-order chi connectivity index (χ1) is 7.18. The van der Waals surface area contributed by atoms with Crippen molar-refractivity contribution in [2.24, 2.45) is 5.73 Å². The van der Waals surface area contributed by atoms with Crippen molar-refractivity contribution in [1.29, 1.82) is 0 Å². The fraction of sp³-hybridized carbons (Fsp3) is 0.900. The number of carbonyl (C=O) groups excluding carboxylic acids is 1. The number of thiol groups is 1. The van der Waals surface area contributed by atoms with Crippen LogP contribution in [0.3, 0.4) is 0 Å². The Kier molecular flexibility index (Phi) is 6.52. The molecular weight excluding hydrogens is 230 g/mol. The molecule has 1 aliphatic heterocycles. The van der Waals surface area contributed by atoms with Crippen LogP contribution < -0.4 is 5.73 Å². The molecule has 0 aromatic carbocycles. The van der Waals surface area contributed by atoms with E-state index in [0.29, 0.717) is 11.9 Å². The van der Waals surface area contributed by atoms with Crippen molar-refractivity contribution >= 4 is 30.3 Å². The van der Waals surface area contributed by atoms with Crippen LogP contribution in [0.1, 0.15) is 32.1 Å². The third-order valence-corrected chi connectivity index (χ3v) is 4.36. The maximum atomic E-state index is 10.6. The lowest BCUT2D eigenvalue weighted by Crippen LogP contribution is -2.19. The van der Waals surface area contributed by atoms with Crippen LogP contribution >= 0.6 is 24.4 Å². The Balaban J connectivity index is 2.04. The Bertz CT molecular complexity index is 196. The summed E-state index contributed by atoms with van der Waals surface area (Å²) in [6.45, 7) is 0.885. The van der Waals surface area contributed by atoms with Crippen molar-refractivity contribution in [3.05, 3.63) is 0 Å². The van der Waals surface area contributed by atoms with Crippen LogP contribution in [0.2, 0.25) is 0 Å². The lowest BCUT2D eigenvalue weighted by atomic mass is 10.2. The van der Waals surface area contributed by atoms with E-state index < -0.39 is 0 Å². The summed E-state index contributed by atoms with van der Waals surface area (Å²) >= 11 is 6.23. The molecule has 0 saturated carbocycles. The Morgan fingerprint density at radius 2 is 2.40 bits per heavy atom. The number of rotatable bonds is 6. The van der Waals surface area contributed by atoms with Crippen LogP contribution in [0, 0.1) is 0 Å². The minimum absolute atomic E-state index is 0.243. The minimum atomic E-state index is -0.243. The summed E-state index contributed by atoms with van der Waals surface area (Å²) in [5.41, 5.74) is 5.41. The van der Waals surface area contributed by atoms with Crippen molar-refractivity contribution < 1.29 is 9.53 Å². The Morgan fingerprint density at radius 1 is 1.60 bits per heavy atom. The number of thioether (sulfide) groups is 1. The molecule has 5 heteroatoms. The van der Waals surface area contributed by atoms with Crippen LogP contribution in [-0.4, -0.2) is 29.0 Å². The summed E-state index contributed by atoms with van der Waals surface area (Å²) in [5.74, 6) is 0.689. The van der Waals surface area contributed by atoms with Crippen LogP contribution in [0.5, 0.6) is 0 Å². The maximum Gasteiger partial charge on any atom is 0.217 e. The molecule has 2 N–H and O–H groups in total. The molecule has 0 aromatic heterocycles. The highest BCUT2D eigenvalue weighted by Gasteiger charge is 2.15. The fourth-order valence-electron chi connectivity index (χ4n) is 1.45. The molecule has 1 rings (SSSR count). The molecule has 2 unspecified atom stereocenters. The topological polar surface area (TPSA) is 52.3 Å². The molecule has 88 valence electrons. The van der Waals surface area contributed by atoms with E-state index >= 15 is 0 Å². The van der Waals surface area contributed by atoms with Gasteiger partial charge < -0.3 is 10.5 Å². The summed E-state index contributed by atoms with van der Waals surface area (Å²) in [6.07, 6.45) is 4.78. The highest BCUT2D eigenvalue weighted by atomic mass is 32.2. The summed E-state index contributed by atoms with van der Waals surface area (Å²) < 4.78 is 5.59. The van der Waals surface area contributed by atoms with Gasteiger partial charge in [0, 0.05) is 24.0 Å². The van der Waals surface area contributed by atoms with Gasteiger partial charge in [-0.1, -0.05) is 0 Å². The Labute approximate surface area is 101 Å². The van der Waals surface area contributed by atoms with Crippen LogP contribution in [0.4, 0.5) is 0 Å². The second kappa shape index (κ2) is 7.41. The Morgan fingerprint density at radius 3 is 3.00 bits per heavy atom. The standard InChI is InChI=1S/C10H19NO2S2/c11-9(12)5-4-8(14)7-15-10-3-1-2-6-13-10/h8,10,14H,1-7H2,(H2,11,12). The number of hydrogen-bond donors (Lipinski definition) is 2. The van der Waals surface area contributed by atoms with Gasteiger partial charge in [0.15, 0.2) is 0 Å². The summed E-state index contributed by atoms with van der Waals surface area (Å²) in [5, 5.41) is 0.244. The number of amides is 1. The zero-order valence-electron chi connectivity index (χ0n) is 8.85.